The third kappa shape index (κ3) is 4.57. The molecule has 0 aromatic carbocycles. The summed E-state index contributed by atoms with van der Waals surface area (Å²) in [6, 6.07) is -0.638. The summed E-state index contributed by atoms with van der Waals surface area (Å²) in [7, 11) is 0. The Labute approximate surface area is 136 Å². The highest BCUT2D eigenvalue weighted by Gasteiger charge is 2.50. The molecule has 6 N–H and O–H groups in total. The molecule has 1 rings (SSSR count). The lowest BCUT2D eigenvalue weighted by Crippen LogP contribution is -2.53. The minimum Gasteiger partial charge on any atom is -0.481 e. The van der Waals surface area contributed by atoms with E-state index in [1.807, 2.05) is 13.8 Å². The topological polar surface area (TPSA) is 137 Å². The summed E-state index contributed by atoms with van der Waals surface area (Å²) >= 11 is 0. The van der Waals surface area contributed by atoms with Crippen LogP contribution < -0.4 is 16.5 Å². The van der Waals surface area contributed by atoms with Gasteiger partial charge in [-0.15, -0.1) is 0 Å². The Morgan fingerprint density at radius 3 is 2.43 bits per heavy atom. The van der Waals surface area contributed by atoms with Crippen molar-refractivity contribution in [3.05, 3.63) is 0 Å². The monoisotopic (exact) mass is 328 g/mol. The van der Waals surface area contributed by atoms with E-state index in [2.05, 4.69) is 15.7 Å². The van der Waals surface area contributed by atoms with E-state index in [9.17, 15) is 19.8 Å². The first kappa shape index (κ1) is 19.2. The van der Waals surface area contributed by atoms with Crippen LogP contribution in [0.25, 0.3) is 0 Å². The highest BCUT2D eigenvalue weighted by atomic mass is 16.4. The van der Waals surface area contributed by atoms with Crippen LogP contribution in [0.2, 0.25) is 0 Å². The average molecular weight is 328 g/mol. The number of aliphatic carboxylic acids is 1. The van der Waals surface area contributed by atoms with Gasteiger partial charge in [0.2, 0.25) is 5.91 Å². The first-order valence-corrected chi connectivity index (χ1v) is 8.03. The molecular formula is C15H28N4O4. The van der Waals surface area contributed by atoms with Crippen LogP contribution >= 0.6 is 0 Å². The van der Waals surface area contributed by atoms with Gasteiger partial charge in [0.05, 0.1) is 12.0 Å². The van der Waals surface area contributed by atoms with Crippen LogP contribution in [0, 0.1) is 17.8 Å². The average Bonchev–Trinajstić information content (AvgIpc) is 2.81. The van der Waals surface area contributed by atoms with E-state index in [1.165, 1.54) is 13.3 Å². The molecule has 0 spiro atoms. The summed E-state index contributed by atoms with van der Waals surface area (Å²) in [6.07, 6.45) is 2.14. The summed E-state index contributed by atoms with van der Waals surface area (Å²) in [5.74, 6) is 2.71. The molecule has 0 aliphatic heterocycles. The zero-order valence-corrected chi connectivity index (χ0v) is 13.9. The number of hydrazone groups is 1. The number of nitrogens with two attached hydrogens (primary N) is 1. The van der Waals surface area contributed by atoms with Crippen molar-refractivity contribution in [3.8, 4) is 0 Å². The molecule has 0 bridgehead atoms. The van der Waals surface area contributed by atoms with Gasteiger partial charge < -0.3 is 26.7 Å². The summed E-state index contributed by atoms with van der Waals surface area (Å²) in [4.78, 5) is 23.0. The second-order valence-electron chi connectivity index (χ2n) is 6.10. The van der Waals surface area contributed by atoms with Gasteiger partial charge >= 0.3 is 5.97 Å². The Kier molecular flexibility index (Phi) is 7.28. The first-order valence-electron chi connectivity index (χ1n) is 8.03. The number of hydrogen-bond acceptors (Lipinski definition) is 5. The molecule has 0 saturated heterocycles. The third-order valence-corrected chi connectivity index (χ3v) is 4.80. The Balaban J connectivity index is 3.14. The Morgan fingerprint density at radius 1 is 1.39 bits per heavy atom. The van der Waals surface area contributed by atoms with Gasteiger partial charge in [-0.25, -0.2) is 0 Å². The van der Waals surface area contributed by atoms with Crippen molar-refractivity contribution in [1.29, 1.82) is 0 Å². The zero-order chi connectivity index (χ0) is 17.6. The highest BCUT2D eigenvalue weighted by Crippen LogP contribution is 2.37. The molecule has 0 heterocycles. The van der Waals surface area contributed by atoms with Crippen LogP contribution in [0.15, 0.2) is 5.10 Å². The molecule has 0 radical (unpaired) electrons. The molecule has 0 unspecified atom stereocenters. The molecule has 0 aromatic rings. The Morgan fingerprint density at radius 2 is 2.00 bits per heavy atom. The van der Waals surface area contributed by atoms with Crippen LogP contribution in [-0.2, 0) is 9.59 Å². The van der Waals surface area contributed by atoms with E-state index in [0.717, 1.165) is 12.8 Å². The van der Waals surface area contributed by atoms with Crippen molar-refractivity contribution in [2.45, 2.75) is 58.2 Å². The van der Waals surface area contributed by atoms with Gasteiger partial charge in [-0.05, 0) is 12.3 Å². The predicted octanol–water partition coefficient (Wildman–Crippen LogP) is -0.131. The largest absolute Gasteiger partial charge is 0.481 e. The number of amides is 1. The fourth-order valence-corrected chi connectivity index (χ4v) is 3.66. The van der Waals surface area contributed by atoms with Crippen molar-refractivity contribution in [3.63, 3.8) is 0 Å². The molecule has 1 saturated carbocycles. The number of aliphatic hydroxyl groups is 1. The number of carboxylic acids is 1. The maximum absolute atomic E-state index is 11.6. The van der Waals surface area contributed by atoms with Crippen molar-refractivity contribution < 1.29 is 19.8 Å². The second-order valence-corrected chi connectivity index (χ2v) is 6.10. The number of rotatable bonds is 8. The Hall–Kier alpha value is -1.83. The number of nitrogens with zero attached hydrogens (tertiary/aromatic N) is 1. The Bertz CT molecular complexity index is 439. The van der Waals surface area contributed by atoms with Gasteiger partial charge in [-0.3, -0.25) is 9.59 Å². The molecule has 8 heteroatoms. The van der Waals surface area contributed by atoms with Crippen molar-refractivity contribution >= 4 is 18.2 Å². The SMILES string of the molecule is CCC(CC)[C@H](NC(C)=O)[C@@H]1[C@H](O)[C@@H](C(=O)O)C[C@H]1NC=NN. The summed E-state index contributed by atoms with van der Waals surface area (Å²) < 4.78 is 0. The van der Waals surface area contributed by atoms with Crippen LogP contribution in [0.5, 0.6) is 0 Å². The zero-order valence-electron chi connectivity index (χ0n) is 13.9. The number of aliphatic hydroxyl groups excluding tert-OH is 1. The van der Waals surface area contributed by atoms with Gasteiger partial charge in [-0.1, -0.05) is 26.7 Å². The van der Waals surface area contributed by atoms with Crippen LogP contribution in [0.1, 0.15) is 40.0 Å². The third-order valence-electron chi connectivity index (χ3n) is 4.80. The molecule has 1 amide bonds. The van der Waals surface area contributed by atoms with E-state index >= 15 is 0 Å². The van der Waals surface area contributed by atoms with Crippen LogP contribution in [-0.4, -0.2) is 46.6 Å². The number of carboxylic acid groups (broad SMARTS) is 1. The number of carbonyl (C=O) groups is 2. The molecule has 0 aromatic heterocycles. The van der Waals surface area contributed by atoms with Crippen molar-refractivity contribution in [1.82, 2.24) is 10.6 Å². The smallest absolute Gasteiger partial charge is 0.309 e. The number of hydrogen-bond donors (Lipinski definition) is 5. The summed E-state index contributed by atoms with van der Waals surface area (Å²) in [5, 5.41) is 29.1. The predicted molar refractivity (Wildman–Crippen MR) is 86.5 cm³/mol. The van der Waals surface area contributed by atoms with Crippen LogP contribution in [0.3, 0.4) is 0 Å². The lowest BCUT2D eigenvalue weighted by Gasteiger charge is -2.36. The molecular weight excluding hydrogens is 300 g/mol. The highest BCUT2D eigenvalue weighted by molar-refractivity contribution is 5.74. The lowest BCUT2D eigenvalue weighted by atomic mass is 9.80. The van der Waals surface area contributed by atoms with Gasteiger partial charge in [0.25, 0.3) is 0 Å². The van der Waals surface area contributed by atoms with E-state index in [-0.39, 0.29) is 30.3 Å². The quantitative estimate of drug-likeness (QED) is 0.182. The fraction of sp³-hybridized carbons (Fsp3) is 0.800. The standard InChI is InChI=1S/C15H28N4O4/c1-4-9(5-2)13(19-8(3)20)12-11(17-7-18-16)6-10(14(12)21)15(22)23/h7,9-14,21H,4-6,16H2,1-3H3,(H,17,18)(H,19,20)(H,22,23)/t10-,11+,12+,13-,14+/m0/s1. The molecule has 8 nitrogen and oxygen atoms in total. The molecule has 1 aliphatic carbocycles. The number of carbonyl (C=O) groups excluding carboxylic acids is 1. The minimum atomic E-state index is -1.05. The first-order chi connectivity index (χ1) is 10.9. The van der Waals surface area contributed by atoms with Gasteiger partial charge in [0.1, 0.15) is 6.34 Å². The van der Waals surface area contributed by atoms with Gasteiger partial charge in [0.15, 0.2) is 0 Å². The molecule has 1 fully saturated rings. The fourth-order valence-electron chi connectivity index (χ4n) is 3.66. The second kappa shape index (κ2) is 8.71. The molecule has 5 atom stereocenters. The van der Waals surface area contributed by atoms with Gasteiger partial charge in [-0.2, -0.15) is 5.10 Å². The molecule has 132 valence electrons. The maximum atomic E-state index is 11.6. The van der Waals surface area contributed by atoms with Crippen LogP contribution in [0.4, 0.5) is 0 Å². The normalized spacial score (nSPS) is 28.9. The van der Waals surface area contributed by atoms with E-state index < -0.39 is 23.9 Å². The van der Waals surface area contributed by atoms with E-state index in [4.69, 9.17) is 5.84 Å². The van der Waals surface area contributed by atoms with Crippen molar-refractivity contribution in [2.75, 3.05) is 0 Å². The summed E-state index contributed by atoms with van der Waals surface area (Å²) in [6.45, 7) is 5.46. The van der Waals surface area contributed by atoms with Gasteiger partial charge in [0, 0.05) is 24.9 Å². The maximum Gasteiger partial charge on any atom is 0.309 e. The summed E-state index contributed by atoms with van der Waals surface area (Å²) in [5.41, 5.74) is 0. The lowest BCUT2D eigenvalue weighted by molar-refractivity contribution is -0.145. The molecule has 1 aliphatic rings. The van der Waals surface area contributed by atoms with Crippen molar-refractivity contribution in [2.24, 2.45) is 28.7 Å². The van der Waals surface area contributed by atoms with E-state index in [1.54, 1.807) is 0 Å². The molecule has 23 heavy (non-hydrogen) atoms. The van der Waals surface area contributed by atoms with E-state index in [0.29, 0.717) is 0 Å². The number of nitrogens with one attached hydrogen (secondary N) is 2. The minimum absolute atomic E-state index is 0.144.